The van der Waals surface area contributed by atoms with Gasteiger partial charge in [0.25, 0.3) is 5.91 Å². The van der Waals surface area contributed by atoms with Crippen LogP contribution in [0.4, 0.5) is 10.1 Å². The number of halogens is 1. The zero-order chi connectivity index (χ0) is 19.2. The van der Waals surface area contributed by atoms with E-state index in [1.54, 1.807) is 18.2 Å². The third-order valence-electron chi connectivity index (χ3n) is 3.94. The van der Waals surface area contributed by atoms with E-state index in [-0.39, 0.29) is 23.9 Å². The van der Waals surface area contributed by atoms with Crippen molar-refractivity contribution in [2.75, 3.05) is 5.32 Å². The third kappa shape index (κ3) is 4.79. The number of nitrogens with one attached hydrogen (secondary N) is 1. The minimum Gasteiger partial charge on any atom is -0.488 e. The molecule has 0 radical (unpaired) electrons. The van der Waals surface area contributed by atoms with E-state index in [4.69, 9.17) is 4.74 Å². The quantitative estimate of drug-likeness (QED) is 0.636. The lowest BCUT2D eigenvalue weighted by Gasteiger charge is -2.11. The predicted octanol–water partition coefficient (Wildman–Crippen LogP) is 4.86. The van der Waals surface area contributed by atoms with Gasteiger partial charge in [-0.05, 0) is 55.0 Å². The SMILES string of the molecule is CC(=O)c1cc(F)ccc1OCc1cccc(C(=O)Nc2ccccc2)c1. The number of anilines is 1. The highest BCUT2D eigenvalue weighted by Crippen LogP contribution is 2.22. The van der Waals surface area contributed by atoms with Gasteiger partial charge in [-0.2, -0.15) is 0 Å². The molecular formula is C22H18FNO3. The van der Waals surface area contributed by atoms with E-state index < -0.39 is 5.82 Å². The highest BCUT2D eigenvalue weighted by Gasteiger charge is 2.11. The van der Waals surface area contributed by atoms with E-state index in [1.807, 2.05) is 36.4 Å². The molecule has 0 aliphatic rings. The molecule has 3 rings (SSSR count). The van der Waals surface area contributed by atoms with Gasteiger partial charge >= 0.3 is 0 Å². The van der Waals surface area contributed by atoms with Crippen LogP contribution in [0.25, 0.3) is 0 Å². The largest absolute Gasteiger partial charge is 0.488 e. The number of ketones is 1. The maximum absolute atomic E-state index is 13.3. The summed E-state index contributed by atoms with van der Waals surface area (Å²) in [5.41, 5.74) is 2.15. The first-order valence-corrected chi connectivity index (χ1v) is 8.41. The molecule has 136 valence electrons. The zero-order valence-electron chi connectivity index (χ0n) is 14.7. The first kappa shape index (κ1) is 18.3. The van der Waals surface area contributed by atoms with Crippen LogP contribution < -0.4 is 10.1 Å². The molecule has 0 bridgehead atoms. The van der Waals surface area contributed by atoms with Crippen LogP contribution >= 0.6 is 0 Å². The zero-order valence-corrected chi connectivity index (χ0v) is 14.7. The van der Waals surface area contributed by atoms with Gasteiger partial charge in [-0.25, -0.2) is 4.39 Å². The molecule has 3 aromatic carbocycles. The second kappa shape index (κ2) is 8.27. The van der Waals surface area contributed by atoms with Crippen molar-refractivity contribution in [2.45, 2.75) is 13.5 Å². The molecule has 4 nitrogen and oxygen atoms in total. The highest BCUT2D eigenvalue weighted by atomic mass is 19.1. The Kier molecular flexibility index (Phi) is 5.61. The summed E-state index contributed by atoms with van der Waals surface area (Å²) in [6, 6.07) is 20.0. The average molecular weight is 363 g/mol. The number of hydrogen-bond acceptors (Lipinski definition) is 3. The monoisotopic (exact) mass is 363 g/mol. The summed E-state index contributed by atoms with van der Waals surface area (Å²) < 4.78 is 19.0. The molecule has 0 atom stereocenters. The Morgan fingerprint density at radius 1 is 0.963 bits per heavy atom. The van der Waals surface area contributed by atoms with Gasteiger partial charge in [0, 0.05) is 11.3 Å². The summed E-state index contributed by atoms with van der Waals surface area (Å²) in [4.78, 5) is 24.0. The van der Waals surface area contributed by atoms with Crippen molar-refractivity contribution in [1.82, 2.24) is 0 Å². The minimum absolute atomic E-state index is 0.151. The summed E-state index contributed by atoms with van der Waals surface area (Å²) in [5, 5.41) is 2.82. The fourth-order valence-electron chi connectivity index (χ4n) is 2.59. The Morgan fingerprint density at radius 2 is 1.74 bits per heavy atom. The second-order valence-electron chi connectivity index (χ2n) is 6.01. The number of carbonyl (C=O) groups excluding carboxylic acids is 2. The summed E-state index contributed by atoms with van der Waals surface area (Å²) >= 11 is 0. The van der Waals surface area contributed by atoms with Crippen LogP contribution in [0.3, 0.4) is 0 Å². The highest BCUT2D eigenvalue weighted by molar-refractivity contribution is 6.04. The summed E-state index contributed by atoms with van der Waals surface area (Å²) in [6.45, 7) is 1.51. The molecule has 0 heterocycles. The molecule has 5 heteroatoms. The number of Topliss-reactive ketones (excluding diaryl/α,β-unsaturated/α-hetero) is 1. The number of benzene rings is 3. The number of ether oxygens (including phenoxy) is 1. The van der Waals surface area contributed by atoms with Gasteiger partial charge in [0.2, 0.25) is 0 Å². The first-order chi connectivity index (χ1) is 13.0. The molecule has 0 unspecified atom stereocenters. The van der Waals surface area contributed by atoms with Crippen molar-refractivity contribution in [3.8, 4) is 5.75 Å². The van der Waals surface area contributed by atoms with Gasteiger partial charge < -0.3 is 10.1 Å². The van der Waals surface area contributed by atoms with Crippen molar-refractivity contribution in [1.29, 1.82) is 0 Å². The van der Waals surface area contributed by atoms with E-state index in [2.05, 4.69) is 5.32 Å². The molecule has 3 aromatic rings. The first-order valence-electron chi connectivity index (χ1n) is 8.41. The molecule has 1 N–H and O–H groups in total. The Balaban J connectivity index is 1.71. The van der Waals surface area contributed by atoms with Crippen molar-refractivity contribution in [2.24, 2.45) is 0 Å². The Hall–Kier alpha value is -3.47. The molecule has 0 aliphatic carbocycles. The number of carbonyl (C=O) groups is 2. The lowest BCUT2D eigenvalue weighted by Crippen LogP contribution is -2.12. The van der Waals surface area contributed by atoms with E-state index in [1.165, 1.54) is 19.1 Å². The normalized spacial score (nSPS) is 10.3. The van der Waals surface area contributed by atoms with Crippen LogP contribution in [0, 0.1) is 5.82 Å². The molecule has 1 amide bonds. The fraction of sp³-hybridized carbons (Fsp3) is 0.0909. The summed E-state index contributed by atoms with van der Waals surface area (Å²) in [5.74, 6) is -0.690. The predicted molar refractivity (Wildman–Crippen MR) is 102 cm³/mol. The Bertz CT molecular complexity index is 970. The molecule has 0 saturated carbocycles. The van der Waals surface area contributed by atoms with Gasteiger partial charge in [-0.15, -0.1) is 0 Å². The summed E-state index contributed by atoms with van der Waals surface area (Å²) in [7, 11) is 0. The molecule has 0 aromatic heterocycles. The van der Waals surface area contributed by atoms with Gasteiger partial charge in [-0.1, -0.05) is 30.3 Å². The van der Waals surface area contributed by atoms with Gasteiger partial charge in [0.05, 0.1) is 5.56 Å². The van der Waals surface area contributed by atoms with Crippen molar-refractivity contribution in [3.05, 3.63) is 95.3 Å². The van der Waals surface area contributed by atoms with Gasteiger partial charge in [-0.3, -0.25) is 9.59 Å². The van der Waals surface area contributed by atoms with Crippen LogP contribution in [-0.2, 0) is 6.61 Å². The lowest BCUT2D eigenvalue weighted by atomic mass is 10.1. The van der Waals surface area contributed by atoms with E-state index in [0.717, 1.165) is 11.6 Å². The fourth-order valence-corrected chi connectivity index (χ4v) is 2.59. The molecule has 0 saturated heterocycles. The molecule has 0 spiro atoms. The Labute approximate surface area is 156 Å². The number of rotatable bonds is 6. The van der Waals surface area contributed by atoms with Crippen LogP contribution in [0.1, 0.15) is 33.2 Å². The maximum atomic E-state index is 13.3. The van der Waals surface area contributed by atoms with Gasteiger partial charge in [0.1, 0.15) is 18.2 Å². The van der Waals surface area contributed by atoms with Crippen molar-refractivity contribution >= 4 is 17.4 Å². The van der Waals surface area contributed by atoms with E-state index in [9.17, 15) is 14.0 Å². The Morgan fingerprint density at radius 3 is 2.48 bits per heavy atom. The third-order valence-corrected chi connectivity index (χ3v) is 3.94. The van der Waals surface area contributed by atoms with Crippen LogP contribution in [0.5, 0.6) is 5.75 Å². The van der Waals surface area contributed by atoms with Gasteiger partial charge in [0.15, 0.2) is 5.78 Å². The number of amides is 1. The molecule has 27 heavy (non-hydrogen) atoms. The topological polar surface area (TPSA) is 55.4 Å². The van der Waals surface area contributed by atoms with E-state index >= 15 is 0 Å². The smallest absolute Gasteiger partial charge is 0.255 e. The molecule has 0 fully saturated rings. The van der Waals surface area contributed by atoms with Crippen LogP contribution in [0.15, 0.2) is 72.8 Å². The van der Waals surface area contributed by atoms with Crippen molar-refractivity contribution in [3.63, 3.8) is 0 Å². The summed E-state index contributed by atoms with van der Waals surface area (Å²) in [6.07, 6.45) is 0. The number of hydrogen-bond donors (Lipinski definition) is 1. The average Bonchev–Trinajstić information content (AvgIpc) is 2.68. The van der Waals surface area contributed by atoms with E-state index in [0.29, 0.717) is 17.0 Å². The maximum Gasteiger partial charge on any atom is 0.255 e. The van der Waals surface area contributed by atoms with Crippen LogP contribution in [0.2, 0.25) is 0 Å². The molecule has 0 aliphatic heterocycles. The number of para-hydroxylation sites is 1. The molecular weight excluding hydrogens is 345 g/mol. The van der Waals surface area contributed by atoms with Crippen molar-refractivity contribution < 1.29 is 18.7 Å². The van der Waals surface area contributed by atoms with Crippen LogP contribution in [-0.4, -0.2) is 11.7 Å². The standard InChI is InChI=1S/C22H18FNO3/c1-15(25)20-13-18(23)10-11-21(20)27-14-16-6-5-7-17(12-16)22(26)24-19-8-3-2-4-9-19/h2-13H,14H2,1H3,(H,24,26). The lowest BCUT2D eigenvalue weighted by molar-refractivity contribution is 0.100. The second-order valence-corrected chi connectivity index (χ2v) is 6.01. The minimum atomic E-state index is -0.493.